The molecule has 0 aliphatic rings. The zero-order valence-electron chi connectivity index (χ0n) is 20.5. The number of anilines is 3. The lowest BCUT2D eigenvalue weighted by molar-refractivity contribution is 0.0601. The minimum Gasteiger partial charge on any atom is -0.481 e. The second kappa shape index (κ2) is 11.5. The molecule has 2 aromatic heterocycles. The number of sulfonamides is 1. The molecule has 3 aromatic rings. The molecule has 0 bridgehead atoms. The molecule has 1 aromatic carbocycles. The molecule has 0 unspecified atom stereocenters. The van der Waals surface area contributed by atoms with Crippen LogP contribution >= 0.6 is 23.6 Å². The number of benzene rings is 1. The average molecular weight is 565 g/mol. The Morgan fingerprint density at radius 3 is 2.35 bits per heavy atom. The van der Waals surface area contributed by atoms with Crippen LogP contribution in [0.25, 0.3) is 0 Å². The van der Waals surface area contributed by atoms with Crippen LogP contribution in [0.2, 0.25) is 0 Å². The molecule has 12 nitrogen and oxygen atoms in total. The van der Waals surface area contributed by atoms with Gasteiger partial charge in [0.1, 0.15) is 17.1 Å². The van der Waals surface area contributed by atoms with E-state index in [0.29, 0.717) is 21.1 Å². The molecule has 3 rings (SSSR count). The molecule has 196 valence electrons. The molecule has 3 N–H and O–H groups in total. The number of rotatable bonds is 8. The lowest BCUT2D eigenvalue weighted by Crippen LogP contribution is -2.21. The molecule has 0 aliphatic heterocycles. The summed E-state index contributed by atoms with van der Waals surface area (Å²) in [6, 6.07) is 7.16. The molecule has 1 amide bonds. The Bertz CT molecular complexity index is 1440. The number of thiophene rings is 1. The Hall–Kier alpha value is -3.82. The summed E-state index contributed by atoms with van der Waals surface area (Å²) in [7, 11) is 1.96. The van der Waals surface area contributed by atoms with Crippen molar-refractivity contribution in [3.63, 3.8) is 0 Å². The molecule has 0 saturated carbocycles. The summed E-state index contributed by atoms with van der Waals surface area (Å²) in [6.45, 7) is 1.66. The van der Waals surface area contributed by atoms with Crippen LogP contribution in [-0.4, -0.2) is 68.6 Å². The fourth-order valence-corrected chi connectivity index (χ4v) is 5.55. The second-order valence-corrected chi connectivity index (χ2v) is 10.7. The third-order valence-corrected chi connectivity index (χ3v) is 7.65. The van der Waals surface area contributed by atoms with Crippen LogP contribution in [0, 0.1) is 6.92 Å². The predicted octanol–water partition coefficient (Wildman–Crippen LogP) is 2.95. The van der Waals surface area contributed by atoms with Gasteiger partial charge < -0.3 is 25.0 Å². The predicted molar refractivity (Wildman–Crippen MR) is 144 cm³/mol. The fourth-order valence-electron chi connectivity index (χ4n) is 3.04. The Labute approximate surface area is 223 Å². The Morgan fingerprint density at radius 2 is 1.76 bits per heavy atom. The zero-order valence-corrected chi connectivity index (χ0v) is 22.9. The van der Waals surface area contributed by atoms with E-state index in [1.54, 1.807) is 21.0 Å². The number of esters is 1. The summed E-state index contributed by atoms with van der Waals surface area (Å²) in [5.74, 6) is -0.604. The van der Waals surface area contributed by atoms with Gasteiger partial charge >= 0.3 is 5.97 Å². The minimum atomic E-state index is -3.93. The number of thiocarbonyl (C=S) groups is 1. The molecule has 15 heteroatoms. The lowest BCUT2D eigenvalue weighted by Gasteiger charge is -2.12. The summed E-state index contributed by atoms with van der Waals surface area (Å²) in [4.78, 5) is 34.4. The van der Waals surface area contributed by atoms with Gasteiger partial charge in [0.2, 0.25) is 5.88 Å². The van der Waals surface area contributed by atoms with Gasteiger partial charge in [-0.1, -0.05) is 0 Å². The third-order valence-electron chi connectivity index (χ3n) is 4.88. The zero-order chi connectivity index (χ0) is 27.3. The van der Waals surface area contributed by atoms with Crippen LogP contribution in [0.1, 0.15) is 25.6 Å². The van der Waals surface area contributed by atoms with E-state index in [4.69, 9.17) is 21.7 Å². The summed E-state index contributed by atoms with van der Waals surface area (Å²) >= 11 is 6.44. The van der Waals surface area contributed by atoms with Crippen molar-refractivity contribution in [1.29, 1.82) is 0 Å². The highest BCUT2D eigenvalue weighted by Gasteiger charge is 2.26. The van der Waals surface area contributed by atoms with Gasteiger partial charge in [-0.05, 0) is 49.0 Å². The molecule has 0 fully saturated rings. The molecule has 0 saturated heterocycles. The van der Waals surface area contributed by atoms with Gasteiger partial charge in [0.15, 0.2) is 5.11 Å². The van der Waals surface area contributed by atoms with Gasteiger partial charge in [-0.25, -0.2) is 23.2 Å². The molecule has 0 radical (unpaired) electrons. The fraction of sp³-hybridized carbons (Fsp3) is 0.227. The van der Waals surface area contributed by atoms with E-state index < -0.39 is 16.0 Å². The minimum absolute atomic E-state index is 0.0109. The van der Waals surface area contributed by atoms with Gasteiger partial charge in [0, 0.05) is 25.8 Å². The SMILES string of the molecule is COC(=O)c1c(NC(=S)Nc2ccc(S(=O)(=O)Nc3cc(OC)ncn3)cc2)sc(C(=O)N(C)C)c1C. The van der Waals surface area contributed by atoms with Crippen molar-refractivity contribution >= 4 is 67.1 Å². The van der Waals surface area contributed by atoms with Crippen molar-refractivity contribution in [3.05, 3.63) is 52.7 Å². The number of hydrogen-bond acceptors (Lipinski definition) is 10. The molecular weight excluding hydrogens is 540 g/mol. The van der Waals surface area contributed by atoms with Crippen molar-refractivity contribution in [2.75, 3.05) is 43.7 Å². The number of amides is 1. The van der Waals surface area contributed by atoms with Crippen LogP contribution in [0.4, 0.5) is 16.5 Å². The first-order valence-corrected chi connectivity index (χ1v) is 13.2. The van der Waals surface area contributed by atoms with E-state index in [2.05, 4.69) is 25.3 Å². The van der Waals surface area contributed by atoms with Crippen LogP contribution in [0.5, 0.6) is 5.88 Å². The summed E-state index contributed by atoms with van der Waals surface area (Å²) < 4.78 is 37.6. The summed E-state index contributed by atoms with van der Waals surface area (Å²) in [5, 5.41) is 6.32. The Morgan fingerprint density at radius 1 is 1.08 bits per heavy atom. The maximum Gasteiger partial charge on any atom is 0.341 e. The van der Waals surface area contributed by atoms with E-state index in [0.717, 1.165) is 11.3 Å². The van der Waals surface area contributed by atoms with Gasteiger partial charge in [-0.15, -0.1) is 11.3 Å². The maximum absolute atomic E-state index is 12.7. The van der Waals surface area contributed by atoms with E-state index in [9.17, 15) is 18.0 Å². The van der Waals surface area contributed by atoms with E-state index in [1.807, 2.05) is 0 Å². The van der Waals surface area contributed by atoms with E-state index in [-0.39, 0.29) is 33.2 Å². The van der Waals surface area contributed by atoms with E-state index >= 15 is 0 Å². The standard InChI is InChI=1S/C22H24N6O6S3/c1-12-17(21(30)34-5)19(36-18(12)20(29)28(2)3)26-22(35)25-13-6-8-14(9-7-13)37(31,32)27-15-10-16(33-4)24-11-23-15/h6-11H,1-5H3,(H,23,24,27)(H2,25,26,35). The molecule has 0 spiro atoms. The van der Waals surface area contributed by atoms with Crippen molar-refractivity contribution in [1.82, 2.24) is 14.9 Å². The quantitative estimate of drug-likeness (QED) is 0.273. The number of ether oxygens (including phenoxy) is 2. The van der Waals surface area contributed by atoms with Gasteiger partial charge in [-0.3, -0.25) is 9.52 Å². The number of carbonyl (C=O) groups excluding carboxylic acids is 2. The van der Waals surface area contributed by atoms with Gasteiger partial charge in [0.05, 0.1) is 29.6 Å². The molecule has 37 heavy (non-hydrogen) atoms. The normalized spacial score (nSPS) is 10.8. The molecule has 2 heterocycles. The number of nitrogens with one attached hydrogen (secondary N) is 3. The highest BCUT2D eigenvalue weighted by atomic mass is 32.2. The molecule has 0 atom stereocenters. The van der Waals surface area contributed by atoms with Gasteiger partial charge in [-0.2, -0.15) is 0 Å². The maximum atomic E-state index is 12.7. The van der Waals surface area contributed by atoms with Crippen molar-refractivity contribution in [3.8, 4) is 5.88 Å². The highest BCUT2D eigenvalue weighted by Crippen LogP contribution is 2.34. The third kappa shape index (κ3) is 6.49. The van der Waals surface area contributed by atoms with E-state index in [1.165, 1.54) is 55.8 Å². The summed E-state index contributed by atoms with van der Waals surface area (Å²) in [5.41, 5.74) is 1.16. The van der Waals surface area contributed by atoms with Crippen molar-refractivity contribution in [2.45, 2.75) is 11.8 Å². The van der Waals surface area contributed by atoms with Gasteiger partial charge in [0.25, 0.3) is 15.9 Å². The Kier molecular flexibility index (Phi) is 8.62. The molecular formula is C22H24N6O6S3. The first-order valence-electron chi connectivity index (χ1n) is 10.5. The van der Waals surface area contributed by atoms with Crippen LogP contribution in [0.15, 0.2) is 41.6 Å². The lowest BCUT2D eigenvalue weighted by atomic mass is 10.1. The smallest absolute Gasteiger partial charge is 0.341 e. The van der Waals surface area contributed by atoms with Crippen molar-refractivity contribution < 1.29 is 27.5 Å². The second-order valence-electron chi connectivity index (χ2n) is 7.61. The number of methoxy groups -OCH3 is 2. The van der Waals surface area contributed by atoms with Crippen LogP contribution < -0.4 is 20.1 Å². The highest BCUT2D eigenvalue weighted by molar-refractivity contribution is 7.92. The Balaban J connectivity index is 1.75. The number of aromatic nitrogens is 2. The van der Waals surface area contributed by atoms with Crippen LogP contribution in [0.3, 0.4) is 0 Å². The van der Waals surface area contributed by atoms with Crippen LogP contribution in [-0.2, 0) is 14.8 Å². The summed E-state index contributed by atoms with van der Waals surface area (Å²) in [6.07, 6.45) is 1.18. The first kappa shape index (κ1) is 27.8. The number of nitrogens with zero attached hydrogens (tertiary/aromatic N) is 3. The topological polar surface area (TPSA) is 152 Å². The first-order chi connectivity index (χ1) is 17.5. The average Bonchev–Trinajstić information content (AvgIpc) is 3.18. The monoisotopic (exact) mass is 564 g/mol. The van der Waals surface area contributed by atoms with Crippen molar-refractivity contribution in [2.24, 2.45) is 0 Å². The number of hydrogen-bond donors (Lipinski definition) is 3. The molecule has 0 aliphatic carbocycles. The largest absolute Gasteiger partial charge is 0.481 e. The number of carbonyl (C=O) groups is 2.